The van der Waals surface area contributed by atoms with Crippen LogP contribution in [0.5, 0.6) is 11.5 Å². The predicted molar refractivity (Wildman–Crippen MR) is 112 cm³/mol. The van der Waals surface area contributed by atoms with Gasteiger partial charge in [0.15, 0.2) is 13.2 Å². The van der Waals surface area contributed by atoms with Crippen LogP contribution in [0.1, 0.15) is 40.6 Å². The van der Waals surface area contributed by atoms with E-state index in [0.29, 0.717) is 28.7 Å². The van der Waals surface area contributed by atoms with Crippen molar-refractivity contribution in [1.29, 1.82) is 0 Å². The van der Waals surface area contributed by atoms with Crippen molar-refractivity contribution in [3.63, 3.8) is 0 Å². The maximum absolute atomic E-state index is 12.2. The predicted octanol–water partition coefficient (Wildman–Crippen LogP) is 2.69. The van der Waals surface area contributed by atoms with E-state index >= 15 is 0 Å². The minimum Gasteiger partial charge on any atom is -0.494 e. The molecule has 1 heterocycles. The standard InChI is InChI=1S/C21H24N2O6S/c1-2-27-13-7-9-14(10-8-13)28-12-18(25)29-11-17(24)23-21-19(20(22)26)15-5-3-4-6-16(15)30-21/h7-10H,2-6,11-12H2,1H3,(H2,22,26)(H,23,24). The third-order valence-corrected chi connectivity index (χ3v) is 5.73. The molecule has 1 aromatic carbocycles. The Morgan fingerprint density at radius 1 is 1.03 bits per heavy atom. The maximum atomic E-state index is 12.2. The van der Waals surface area contributed by atoms with Crippen LogP contribution in [0, 0.1) is 0 Å². The van der Waals surface area contributed by atoms with Crippen molar-refractivity contribution in [1.82, 2.24) is 0 Å². The Kier molecular flexibility index (Phi) is 7.29. The number of fused-ring (bicyclic) bond motifs is 1. The summed E-state index contributed by atoms with van der Waals surface area (Å²) in [6, 6.07) is 6.81. The molecule has 30 heavy (non-hydrogen) atoms. The van der Waals surface area contributed by atoms with Crippen LogP contribution in [0.3, 0.4) is 0 Å². The third-order valence-electron chi connectivity index (χ3n) is 4.53. The number of primary amides is 1. The highest BCUT2D eigenvalue weighted by Crippen LogP contribution is 2.37. The molecule has 0 aliphatic heterocycles. The highest BCUT2D eigenvalue weighted by atomic mass is 32.1. The minimum absolute atomic E-state index is 0.332. The lowest BCUT2D eigenvalue weighted by molar-refractivity contribution is -0.149. The number of hydrogen-bond acceptors (Lipinski definition) is 7. The fraction of sp³-hybridized carbons (Fsp3) is 0.381. The molecule has 1 aliphatic rings. The van der Waals surface area contributed by atoms with Crippen LogP contribution in [-0.4, -0.2) is 37.6 Å². The van der Waals surface area contributed by atoms with Crippen LogP contribution >= 0.6 is 11.3 Å². The molecule has 0 bridgehead atoms. The average molecular weight is 432 g/mol. The number of carbonyl (C=O) groups excluding carboxylic acids is 3. The van der Waals surface area contributed by atoms with Crippen LogP contribution in [0.4, 0.5) is 5.00 Å². The third kappa shape index (κ3) is 5.50. The number of thiophene rings is 1. The molecule has 1 aromatic heterocycles. The van der Waals surface area contributed by atoms with Gasteiger partial charge in [-0.25, -0.2) is 4.79 Å². The zero-order valence-electron chi connectivity index (χ0n) is 16.7. The highest BCUT2D eigenvalue weighted by Gasteiger charge is 2.25. The number of nitrogens with one attached hydrogen (secondary N) is 1. The summed E-state index contributed by atoms with van der Waals surface area (Å²) in [6.45, 7) is 1.63. The van der Waals surface area contributed by atoms with Crippen LogP contribution in [0.25, 0.3) is 0 Å². The second-order valence-electron chi connectivity index (χ2n) is 6.68. The van der Waals surface area contributed by atoms with Crippen molar-refractivity contribution in [2.75, 3.05) is 25.1 Å². The van der Waals surface area contributed by atoms with E-state index in [1.807, 2.05) is 6.92 Å². The molecular formula is C21H24N2O6S. The molecule has 3 N–H and O–H groups in total. The van der Waals surface area contributed by atoms with Gasteiger partial charge < -0.3 is 25.3 Å². The van der Waals surface area contributed by atoms with Crippen LogP contribution in [-0.2, 0) is 27.2 Å². The first-order valence-electron chi connectivity index (χ1n) is 9.73. The Morgan fingerprint density at radius 3 is 2.37 bits per heavy atom. The maximum Gasteiger partial charge on any atom is 0.344 e. The Labute approximate surface area is 178 Å². The fourth-order valence-corrected chi connectivity index (χ4v) is 4.52. The largest absolute Gasteiger partial charge is 0.494 e. The summed E-state index contributed by atoms with van der Waals surface area (Å²) in [5, 5.41) is 3.06. The van der Waals surface area contributed by atoms with Crippen molar-refractivity contribution in [3.8, 4) is 11.5 Å². The summed E-state index contributed by atoms with van der Waals surface area (Å²) in [6.07, 6.45) is 3.68. The lowest BCUT2D eigenvalue weighted by atomic mass is 9.95. The number of carbonyl (C=O) groups is 3. The van der Waals surface area contributed by atoms with Crippen molar-refractivity contribution < 1.29 is 28.6 Å². The van der Waals surface area contributed by atoms with E-state index in [2.05, 4.69) is 5.32 Å². The number of ether oxygens (including phenoxy) is 3. The van der Waals surface area contributed by atoms with Crippen molar-refractivity contribution >= 4 is 34.1 Å². The molecule has 0 fully saturated rings. The normalized spacial score (nSPS) is 12.6. The number of anilines is 1. The fourth-order valence-electron chi connectivity index (χ4n) is 3.21. The van der Waals surface area contributed by atoms with Gasteiger partial charge in [0.1, 0.15) is 16.5 Å². The van der Waals surface area contributed by atoms with E-state index in [0.717, 1.165) is 36.1 Å². The van der Waals surface area contributed by atoms with Crippen molar-refractivity contribution in [3.05, 3.63) is 40.3 Å². The van der Waals surface area contributed by atoms with Gasteiger partial charge in [0.2, 0.25) is 0 Å². The lowest BCUT2D eigenvalue weighted by Crippen LogP contribution is -2.24. The molecule has 8 nitrogen and oxygen atoms in total. The van der Waals surface area contributed by atoms with E-state index in [4.69, 9.17) is 19.9 Å². The van der Waals surface area contributed by atoms with Crippen molar-refractivity contribution in [2.45, 2.75) is 32.6 Å². The molecule has 0 atom stereocenters. The molecule has 0 unspecified atom stereocenters. The second kappa shape index (κ2) is 10.1. The van der Waals surface area contributed by atoms with Gasteiger partial charge in [0.25, 0.3) is 11.8 Å². The van der Waals surface area contributed by atoms with Gasteiger partial charge in [-0.05, 0) is 62.4 Å². The summed E-state index contributed by atoms with van der Waals surface area (Å²) in [7, 11) is 0. The Hall–Kier alpha value is -3.07. The van der Waals surface area contributed by atoms with Crippen LogP contribution in [0.15, 0.2) is 24.3 Å². The Morgan fingerprint density at radius 2 is 1.70 bits per heavy atom. The van der Waals surface area contributed by atoms with E-state index in [1.54, 1.807) is 24.3 Å². The number of benzene rings is 1. The van der Waals surface area contributed by atoms with Gasteiger partial charge in [-0.1, -0.05) is 0 Å². The smallest absolute Gasteiger partial charge is 0.344 e. The van der Waals surface area contributed by atoms with E-state index in [-0.39, 0.29) is 6.61 Å². The van der Waals surface area contributed by atoms with Gasteiger partial charge in [0, 0.05) is 4.88 Å². The topological polar surface area (TPSA) is 117 Å². The van der Waals surface area contributed by atoms with E-state index < -0.39 is 24.4 Å². The molecular weight excluding hydrogens is 408 g/mol. The number of hydrogen-bond donors (Lipinski definition) is 2. The molecule has 9 heteroatoms. The summed E-state index contributed by atoms with van der Waals surface area (Å²) < 4.78 is 15.6. The lowest BCUT2D eigenvalue weighted by Gasteiger charge is -2.11. The summed E-state index contributed by atoms with van der Waals surface area (Å²) in [5.74, 6) is -0.597. The van der Waals surface area contributed by atoms with Gasteiger partial charge in [-0.15, -0.1) is 11.3 Å². The first-order valence-corrected chi connectivity index (χ1v) is 10.5. The zero-order valence-corrected chi connectivity index (χ0v) is 17.5. The molecule has 1 aliphatic carbocycles. The number of rotatable bonds is 9. The first-order chi connectivity index (χ1) is 14.5. The number of aryl methyl sites for hydroxylation is 1. The van der Waals surface area contributed by atoms with Crippen LogP contribution in [0.2, 0.25) is 0 Å². The van der Waals surface area contributed by atoms with Crippen LogP contribution < -0.4 is 20.5 Å². The number of amides is 2. The summed E-state index contributed by atoms with van der Waals surface area (Å²) in [5.41, 5.74) is 6.80. The quantitative estimate of drug-likeness (QED) is 0.589. The monoisotopic (exact) mass is 432 g/mol. The second-order valence-corrected chi connectivity index (χ2v) is 7.79. The summed E-state index contributed by atoms with van der Waals surface area (Å²) in [4.78, 5) is 37.0. The van der Waals surface area contributed by atoms with E-state index in [9.17, 15) is 14.4 Å². The first kappa shape index (κ1) is 21.6. The van der Waals surface area contributed by atoms with Gasteiger partial charge >= 0.3 is 5.97 Å². The summed E-state index contributed by atoms with van der Waals surface area (Å²) >= 11 is 1.36. The molecule has 0 radical (unpaired) electrons. The number of esters is 1. The molecule has 3 rings (SSSR count). The highest BCUT2D eigenvalue weighted by molar-refractivity contribution is 7.17. The SMILES string of the molecule is CCOc1ccc(OCC(=O)OCC(=O)Nc2sc3c(c2C(N)=O)CCCC3)cc1. The minimum atomic E-state index is -0.681. The number of nitrogens with two attached hydrogens (primary N) is 1. The van der Waals surface area contributed by atoms with E-state index in [1.165, 1.54) is 11.3 Å². The molecule has 2 amide bonds. The van der Waals surface area contributed by atoms with Crippen molar-refractivity contribution in [2.24, 2.45) is 5.73 Å². The molecule has 0 saturated heterocycles. The van der Waals surface area contributed by atoms with Gasteiger partial charge in [-0.3, -0.25) is 9.59 Å². The Bertz CT molecular complexity index is 922. The molecule has 160 valence electrons. The van der Waals surface area contributed by atoms with Gasteiger partial charge in [0.05, 0.1) is 12.2 Å². The average Bonchev–Trinajstić information content (AvgIpc) is 3.10. The zero-order chi connectivity index (χ0) is 21.5. The van der Waals surface area contributed by atoms with Gasteiger partial charge in [-0.2, -0.15) is 0 Å². The Balaban J connectivity index is 1.48. The molecule has 0 saturated carbocycles. The molecule has 0 spiro atoms. The molecule has 2 aromatic rings.